The number of alkyl halides is 3. The molecule has 1 unspecified atom stereocenters. The molecule has 0 bridgehead atoms. The molecule has 1 aliphatic rings. The van der Waals surface area contributed by atoms with Crippen LogP contribution in [0.5, 0.6) is 0 Å². The summed E-state index contributed by atoms with van der Waals surface area (Å²) in [5.41, 5.74) is -2.57. The van der Waals surface area contributed by atoms with Crippen molar-refractivity contribution in [3.8, 4) is 0 Å². The van der Waals surface area contributed by atoms with Crippen molar-refractivity contribution in [3.05, 3.63) is 29.6 Å². The van der Waals surface area contributed by atoms with Crippen LogP contribution >= 0.6 is 0 Å². The number of aromatic nitrogens is 1. The molecule has 1 saturated heterocycles. The Hall–Kier alpha value is -1.83. The van der Waals surface area contributed by atoms with Crippen molar-refractivity contribution in [2.75, 3.05) is 6.54 Å². The van der Waals surface area contributed by atoms with Crippen molar-refractivity contribution in [3.63, 3.8) is 0 Å². The van der Waals surface area contributed by atoms with Gasteiger partial charge in [0.25, 0.3) is 0 Å². The number of carbonyl (C=O) groups excluding carboxylic acids is 1. The van der Waals surface area contributed by atoms with Gasteiger partial charge >= 0.3 is 12.3 Å². The Morgan fingerprint density at radius 2 is 2.08 bits per heavy atom. The Kier molecular flexibility index (Phi) is 5.05. The number of halogens is 3. The predicted octanol–water partition coefficient (Wildman–Crippen LogP) is 3.61. The number of amides is 1. The maximum atomic E-state index is 12.8. The number of rotatable bonds is 2. The van der Waals surface area contributed by atoms with E-state index < -0.39 is 29.3 Å². The van der Waals surface area contributed by atoms with Crippen LogP contribution in [0, 0.1) is 5.92 Å². The van der Waals surface area contributed by atoms with E-state index >= 15 is 0 Å². The third kappa shape index (κ3) is 5.07. The fraction of sp³-hybridized carbons (Fsp3) is 0.647. The molecular weight excluding hydrogens is 337 g/mol. The van der Waals surface area contributed by atoms with Crippen molar-refractivity contribution >= 4 is 6.09 Å². The summed E-state index contributed by atoms with van der Waals surface area (Å²) >= 11 is 0. The van der Waals surface area contributed by atoms with Crippen LogP contribution in [0.4, 0.5) is 18.0 Å². The molecule has 1 fully saturated rings. The first-order valence-corrected chi connectivity index (χ1v) is 8.03. The second kappa shape index (κ2) is 6.48. The van der Waals surface area contributed by atoms with Gasteiger partial charge in [-0.25, -0.2) is 4.79 Å². The van der Waals surface area contributed by atoms with Gasteiger partial charge in [0.1, 0.15) is 17.0 Å². The van der Waals surface area contributed by atoms with E-state index in [1.165, 1.54) is 17.9 Å². The number of hydrogen-bond donors (Lipinski definition) is 1. The van der Waals surface area contributed by atoms with Gasteiger partial charge in [-0.15, -0.1) is 0 Å². The smallest absolute Gasteiger partial charge is 0.433 e. The highest BCUT2D eigenvalue weighted by Gasteiger charge is 2.45. The predicted molar refractivity (Wildman–Crippen MR) is 84.6 cm³/mol. The lowest BCUT2D eigenvalue weighted by molar-refractivity contribution is -0.141. The van der Waals surface area contributed by atoms with Gasteiger partial charge in [-0.05, 0) is 64.2 Å². The minimum Gasteiger partial charge on any atom is -0.444 e. The van der Waals surface area contributed by atoms with Crippen molar-refractivity contribution < 1.29 is 27.8 Å². The van der Waals surface area contributed by atoms with E-state index in [1.807, 2.05) is 0 Å². The minimum atomic E-state index is -4.50. The number of likely N-dealkylation sites (tertiary alicyclic amines) is 1. The molecule has 0 aliphatic carbocycles. The number of nitrogens with zero attached hydrogens (tertiary/aromatic N) is 2. The van der Waals surface area contributed by atoms with Crippen LogP contribution in [-0.4, -0.2) is 39.0 Å². The van der Waals surface area contributed by atoms with E-state index in [-0.39, 0.29) is 18.9 Å². The molecule has 0 saturated carbocycles. The second-order valence-electron chi connectivity index (χ2n) is 7.63. The van der Waals surface area contributed by atoms with Crippen LogP contribution < -0.4 is 0 Å². The molecule has 2 heterocycles. The van der Waals surface area contributed by atoms with E-state index in [4.69, 9.17) is 4.74 Å². The van der Waals surface area contributed by atoms with Crippen molar-refractivity contribution in [1.82, 2.24) is 9.88 Å². The number of hydrogen-bond acceptors (Lipinski definition) is 4. The first kappa shape index (κ1) is 19.5. The van der Waals surface area contributed by atoms with E-state index in [0.29, 0.717) is 12.0 Å². The van der Waals surface area contributed by atoms with Crippen molar-refractivity contribution in [2.45, 2.75) is 58.0 Å². The van der Waals surface area contributed by atoms with Gasteiger partial charge in [0.05, 0.1) is 0 Å². The first-order valence-electron chi connectivity index (χ1n) is 8.03. The third-order valence-electron chi connectivity index (χ3n) is 3.95. The van der Waals surface area contributed by atoms with Crippen molar-refractivity contribution in [2.24, 2.45) is 5.92 Å². The van der Waals surface area contributed by atoms with Gasteiger partial charge in [-0.3, -0.25) is 9.88 Å². The highest BCUT2D eigenvalue weighted by atomic mass is 19.4. The van der Waals surface area contributed by atoms with Crippen LogP contribution in [0.3, 0.4) is 0 Å². The summed E-state index contributed by atoms with van der Waals surface area (Å²) in [5, 5.41) is 10.5. The van der Waals surface area contributed by atoms with Gasteiger partial charge in [0.2, 0.25) is 0 Å². The summed E-state index contributed by atoms with van der Waals surface area (Å²) in [4.78, 5) is 16.8. The molecule has 2 rings (SSSR count). The van der Waals surface area contributed by atoms with E-state index in [1.54, 1.807) is 20.8 Å². The van der Waals surface area contributed by atoms with Crippen LogP contribution in [0.15, 0.2) is 18.3 Å². The van der Waals surface area contributed by atoms with E-state index in [0.717, 1.165) is 12.3 Å². The maximum Gasteiger partial charge on any atom is 0.433 e. The largest absolute Gasteiger partial charge is 0.444 e. The summed E-state index contributed by atoms with van der Waals surface area (Å²) in [7, 11) is 0. The Morgan fingerprint density at radius 3 is 2.64 bits per heavy atom. The van der Waals surface area contributed by atoms with Gasteiger partial charge in [-0.1, -0.05) is 0 Å². The molecule has 140 valence electrons. The zero-order valence-electron chi connectivity index (χ0n) is 14.7. The molecule has 5 nitrogen and oxygen atoms in total. The average molecular weight is 360 g/mol. The van der Waals surface area contributed by atoms with Gasteiger partial charge in [0, 0.05) is 12.7 Å². The molecule has 2 atom stereocenters. The normalized spacial score (nSPS) is 24.5. The molecular formula is C17H23F3N2O3. The van der Waals surface area contributed by atoms with E-state index in [2.05, 4.69) is 4.98 Å². The zero-order chi connectivity index (χ0) is 19.0. The topological polar surface area (TPSA) is 62.7 Å². The first-order chi connectivity index (χ1) is 11.3. The Labute approximate surface area is 144 Å². The summed E-state index contributed by atoms with van der Waals surface area (Å²) in [6.45, 7) is 6.89. The number of ether oxygens (including phenoxy) is 1. The van der Waals surface area contributed by atoms with Crippen LogP contribution in [0.2, 0.25) is 0 Å². The maximum absolute atomic E-state index is 12.8. The molecule has 0 aromatic carbocycles. The molecule has 1 aromatic heterocycles. The van der Waals surface area contributed by atoms with Crippen LogP contribution in [0.25, 0.3) is 0 Å². The molecule has 0 radical (unpaired) electrons. The summed E-state index contributed by atoms with van der Waals surface area (Å²) < 4.78 is 43.6. The monoisotopic (exact) mass is 360 g/mol. The van der Waals surface area contributed by atoms with E-state index in [9.17, 15) is 23.1 Å². The number of carbonyl (C=O) groups is 1. The lowest BCUT2D eigenvalue weighted by atomic mass is 9.96. The second-order valence-corrected chi connectivity index (χ2v) is 7.63. The van der Waals surface area contributed by atoms with Gasteiger partial charge < -0.3 is 9.84 Å². The van der Waals surface area contributed by atoms with Crippen LogP contribution in [0.1, 0.15) is 45.4 Å². The zero-order valence-corrected chi connectivity index (χ0v) is 14.7. The van der Waals surface area contributed by atoms with Crippen molar-refractivity contribution in [1.29, 1.82) is 0 Å². The molecule has 25 heavy (non-hydrogen) atoms. The molecule has 0 spiro atoms. The SMILES string of the molecule is CC(C)(C)OC(=O)N1CC(Cc2ccnc(C(F)(F)F)c2)C[C@]1(C)O. The highest BCUT2D eigenvalue weighted by molar-refractivity contribution is 5.69. The Bertz CT molecular complexity index is 639. The molecule has 1 aromatic rings. The Balaban J connectivity index is 2.09. The van der Waals surface area contributed by atoms with Gasteiger partial charge in [-0.2, -0.15) is 13.2 Å². The van der Waals surface area contributed by atoms with Crippen LogP contribution in [-0.2, 0) is 17.3 Å². The third-order valence-corrected chi connectivity index (χ3v) is 3.95. The number of aliphatic hydroxyl groups is 1. The molecule has 8 heteroatoms. The lowest BCUT2D eigenvalue weighted by Gasteiger charge is -2.32. The fourth-order valence-electron chi connectivity index (χ4n) is 2.99. The fourth-order valence-corrected chi connectivity index (χ4v) is 2.99. The standard InChI is InChI=1S/C17H23F3N2O3/c1-15(2,3)25-14(23)22-10-12(9-16(22,4)24)7-11-5-6-21-13(8-11)17(18,19)20/h5-6,8,12,24H,7,9-10H2,1-4H3/t12?,16-/m0/s1. The molecule has 1 amide bonds. The minimum absolute atomic E-state index is 0.175. The average Bonchev–Trinajstić information content (AvgIpc) is 2.71. The van der Waals surface area contributed by atoms with Gasteiger partial charge in [0.15, 0.2) is 0 Å². The highest BCUT2D eigenvalue weighted by Crippen LogP contribution is 2.35. The quantitative estimate of drug-likeness (QED) is 0.875. The Morgan fingerprint density at radius 1 is 1.44 bits per heavy atom. The molecule has 1 N–H and O–H groups in total. The lowest BCUT2D eigenvalue weighted by Crippen LogP contribution is -2.47. The number of pyridine rings is 1. The summed E-state index contributed by atoms with van der Waals surface area (Å²) in [5.74, 6) is -0.175. The molecule has 1 aliphatic heterocycles. The summed E-state index contributed by atoms with van der Waals surface area (Å²) in [6.07, 6.45) is -3.45. The summed E-state index contributed by atoms with van der Waals surface area (Å²) in [6, 6.07) is 2.52.